The Morgan fingerprint density at radius 3 is 2.46 bits per heavy atom. The van der Waals surface area contributed by atoms with Crippen LogP contribution in [0.4, 0.5) is 19.0 Å². The minimum absolute atomic E-state index is 0.0815. The number of pyridine rings is 1. The van der Waals surface area contributed by atoms with Crippen LogP contribution in [0.25, 0.3) is 0 Å². The first-order valence-electron chi connectivity index (χ1n) is 3.14. The maximum atomic E-state index is 12.1. The molecule has 0 aliphatic heterocycles. The van der Waals surface area contributed by atoms with Crippen LogP contribution in [-0.4, -0.2) is 4.98 Å². The van der Waals surface area contributed by atoms with Gasteiger partial charge >= 0.3 is 6.18 Å². The van der Waals surface area contributed by atoms with Crippen molar-refractivity contribution in [1.29, 1.82) is 0 Å². The van der Waals surface area contributed by atoms with Crippen molar-refractivity contribution in [3.63, 3.8) is 0 Å². The minimum Gasteiger partial charge on any atom is -0.308 e. The van der Waals surface area contributed by atoms with E-state index in [2.05, 4.69) is 10.4 Å². The molecule has 3 nitrogen and oxygen atoms in total. The van der Waals surface area contributed by atoms with Crippen molar-refractivity contribution in [1.82, 2.24) is 4.98 Å². The summed E-state index contributed by atoms with van der Waals surface area (Å²) in [5, 5.41) is -0.435. The third kappa shape index (κ3) is 2.22. The molecule has 0 saturated carbocycles. The van der Waals surface area contributed by atoms with Gasteiger partial charge in [0.25, 0.3) is 0 Å². The lowest BCUT2D eigenvalue weighted by molar-refractivity contribution is -0.137. The van der Waals surface area contributed by atoms with E-state index in [1.165, 1.54) is 0 Å². The van der Waals surface area contributed by atoms with E-state index < -0.39 is 16.8 Å². The first-order valence-corrected chi connectivity index (χ1v) is 3.52. The summed E-state index contributed by atoms with van der Waals surface area (Å²) in [6, 6.07) is 1.00. The zero-order valence-electron chi connectivity index (χ0n) is 6.19. The van der Waals surface area contributed by atoms with Gasteiger partial charge in [0, 0.05) is 12.3 Å². The molecule has 72 valence electrons. The van der Waals surface area contributed by atoms with Crippen molar-refractivity contribution in [2.45, 2.75) is 6.18 Å². The summed E-state index contributed by atoms with van der Waals surface area (Å²) in [5.74, 6) is 5.01. The molecule has 3 N–H and O–H groups in total. The Bertz CT molecular complexity index is 312. The smallest absolute Gasteiger partial charge is 0.308 e. The summed E-state index contributed by atoms with van der Waals surface area (Å²) in [7, 11) is 0. The normalized spacial score (nSPS) is 11.5. The summed E-state index contributed by atoms with van der Waals surface area (Å²) in [6.07, 6.45) is -3.87. The van der Waals surface area contributed by atoms with Gasteiger partial charge < -0.3 is 5.43 Å². The van der Waals surface area contributed by atoms with Crippen molar-refractivity contribution in [2.24, 2.45) is 5.84 Å². The predicted octanol–water partition coefficient (Wildman–Crippen LogP) is 2.04. The van der Waals surface area contributed by atoms with E-state index in [0.717, 1.165) is 6.07 Å². The molecule has 0 aromatic carbocycles. The van der Waals surface area contributed by atoms with Crippen LogP contribution in [0.15, 0.2) is 12.3 Å². The Morgan fingerprint density at radius 1 is 1.46 bits per heavy atom. The summed E-state index contributed by atoms with van der Waals surface area (Å²) < 4.78 is 36.3. The minimum atomic E-state index is -4.49. The Morgan fingerprint density at radius 2 is 2.08 bits per heavy atom. The molecule has 0 fully saturated rings. The highest BCUT2D eigenvalue weighted by Gasteiger charge is 2.33. The number of anilines is 1. The number of nitrogens with two attached hydrogens (primary N) is 1. The van der Waals surface area contributed by atoms with Gasteiger partial charge in [0.15, 0.2) is 0 Å². The van der Waals surface area contributed by atoms with E-state index in [1.54, 1.807) is 0 Å². The van der Waals surface area contributed by atoms with Gasteiger partial charge in [-0.15, -0.1) is 0 Å². The van der Waals surface area contributed by atoms with Crippen molar-refractivity contribution in [2.75, 3.05) is 5.43 Å². The molecule has 7 heteroatoms. The van der Waals surface area contributed by atoms with Gasteiger partial charge in [-0.1, -0.05) is 11.6 Å². The molecule has 0 unspecified atom stereocenters. The molecule has 1 aromatic rings. The van der Waals surface area contributed by atoms with Crippen LogP contribution in [0, 0.1) is 0 Å². The topological polar surface area (TPSA) is 50.9 Å². The van der Waals surface area contributed by atoms with Crippen LogP contribution in [0.1, 0.15) is 5.56 Å². The van der Waals surface area contributed by atoms with E-state index in [1.807, 2.05) is 0 Å². The first-order chi connectivity index (χ1) is 5.95. The molecule has 0 aliphatic rings. The molecule has 1 rings (SSSR count). The highest BCUT2D eigenvalue weighted by atomic mass is 35.5. The van der Waals surface area contributed by atoms with Crippen LogP contribution in [0.3, 0.4) is 0 Å². The van der Waals surface area contributed by atoms with Gasteiger partial charge in [-0.2, -0.15) is 13.2 Å². The van der Waals surface area contributed by atoms with Gasteiger partial charge in [-0.3, -0.25) is 0 Å². The molecule has 0 radical (unpaired) electrons. The second-order valence-corrected chi connectivity index (χ2v) is 2.60. The summed E-state index contributed by atoms with van der Waals surface area (Å²) >= 11 is 5.34. The van der Waals surface area contributed by atoms with E-state index in [9.17, 15) is 13.2 Å². The first kappa shape index (κ1) is 10.1. The second-order valence-electron chi connectivity index (χ2n) is 2.19. The monoisotopic (exact) mass is 211 g/mol. The number of nitrogens with zero attached hydrogens (tertiary/aromatic N) is 1. The van der Waals surface area contributed by atoms with Gasteiger partial charge in [0.05, 0.1) is 10.6 Å². The molecule has 0 amide bonds. The second kappa shape index (κ2) is 3.39. The van der Waals surface area contributed by atoms with Crippen molar-refractivity contribution in [3.8, 4) is 0 Å². The van der Waals surface area contributed by atoms with E-state index in [4.69, 9.17) is 17.4 Å². The number of hydrazine groups is 1. The predicted molar refractivity (Wildman–Crippen MR) is 42.1 cm³/mol. The maximum absolute atomic E-state index is 12.1. The molecule has 0 saturated heterocycles. The maximum Gasteiger partial charge on any atom is 0.419 e. The molecule has 13 heavy (non-hydrogen) atoms. The number of hydrogen-bond donors (Lipinski definition) is 2. The summed E-state index contributed by atoms with van der Waals surface area (Å²) in [5.41, 5.74) is 1.10. The fourth-order valence-corrected chi connectivity index (χ4v) is 0.978. The zero-order chi connectivity index (χ0) is 10.1. The van der Waals surface area contributed by atoms with Crippen LogP contribution in [0.2, 0.25) is 5.02 Å². The summed E-state index contributed by atoms with van der Waals surface area (Å²) in [6.45, 7) is 0. The van der Waals surface area contributed by atoms with Crippen LogP contribution in [0.5, 0.6) is 0 Å². The van der Waals surface area contributed by atoms with Crippen LogP contribution in [-0.2, 0) is 6.18 Å². The van der Waals surface area contributed by atoms with E-state index in [-0.39, 0.29) is 5.82 Å². The molecular formula is C6H5ClF3N3. The fourth-order valence-electron chi connectivity index (χ4n) is 0.718. The Balaban J connectivity index is 3.13. The number of aromatic nitrogens is 1. The highest BCUT2D eigenvalue weighted by molar-refractivity contribution is 6.31. The standard InChI is InChI=1S/C6H5ClF3N3/c7-4-1-5(13-11)12-2-3(4)6(8,9)10/h1-2H,11H2,(H,12,13). The van der Waals surface area contributed by atoms with Crippen molar-refractivity contribution < 1.29 is 13.2 Å². The van der Waals surface area contributed by atoms with Gasteiger partial charge in [-0.05, 0) is 0 Å². The number of nitrogen functional groups attached to an aromatic ring is 1. The van der Waals surface area contributed by atoms with Crippen LogP contribution < -0.4 is 11.3 Å². The van der Waals surface area contributed by atoms with Gasteiger partial charge in [0.1, 0.15) is 5.82 Å². The third-order valence-electron chi connectivity index (χ3n) is 1.31. The average molecular weight is 212 g/mol. The summed E-state index contributed by atoms with van der Waals surface area (Å²) in [4.78, 5) is 3.38. The van der Waals surface area contributed by atoms with E-state index >= 15 is 0 Å². The Hall–Kier alpha value is -1.01. The lowest BCUT2D eigenvalue weighted by Crippen LogP contribution is -2.11. The average Bonchev–Trinajstić information content (AvgIpc) is 2.01. The lowest BCUT2D eigenvalue weighted by Gasteiger charge is -2.08. The number of rotatable bonds is 1. The molecule has 0 aliphatic carbocycles. The Kier molecular flexibility index (Phi) is 2.63. The number of hydrogen-bond acceptors (Lipinski definition) is 3. The third-order valence-corrected chi connectivity index (χ3v) is 1.62. The van der Waals surface area contributed by atoms with E-state index in [0.29, 0.717) is 6.20 Å². The van der Waals surface area contributed by atoms with Gasteiger partial charge in [-0.25, -0.2) is 10.8 Å². The highest BCUT2D eigenvalue weighted by Crippen LogP contribution is 2.34. The van der Waals surface area contributed by atoms with Crippen molar-refractivity contribution in [3.05, 3.63) is 22.8 Å². The molecule has 0 bridgehead atoms. The number of halogens is 4. The fraction of sp³-hybridized carbons (Fsp3) is 0.167. The number of nitrogens with one attached hydrogen (secondary N) is 1. The van der Waals surface area contributed by atoms with Crippen LogP contribution >= 0.6 is 11.6 Å². The number of alkyl halides is 3. The molecule has 1 heterocycles. The SMILES string of the molecule is NNc1cc(Cl)c(C(F)(F)F)cn1. The molecular weight excluding hydrogens is 207 g/mol. The molecule has 0 atom stereocenters. The Labute approximate surface area is 76.7 Å². The lowest BCUT2D eigenvalue weighted by atomic mass is 10.3. The zero-order valence-corrected chi connectivity index (χ0v) is 6.95. The largest absolute Gasteiger partial charge is 0.419 e. The van der Waals surface area contributed by atoms with Gasteiger partial charge in [0.2, 0.25) is 0 Å². The molecule has 1 aromatic heterocycles. The van der Waals surface area contributed by atoms with Crippen molar-refractivity contribution >= 4 is 17.4 Å². The molecule has 0 spiro atoms. The quantitative estimate of drug-likeness (QED) is 0.552.